The Hall–Kier alpha value is -0.950. The van der Waals surface area contributed by atoms with Crippen LogP contribution in [0, 0.1) is 0 Å². The van der Waals surface area contributed by atoms with Crippen molar-refractivity contribution in [2.24, 2.45) is 0 Å². The second-order valence-electron chi connectivity index (χ2n) is 3.87. The Morgan fingerprint density at radius 3 is 1.95 bits per heavy atom. The number of carbonyl (C=O) groups is 1. The summed E-state index contributed by atoms with van der Waals surface area (Å²) in [4.78, 5) is 11.3. The number of ether oxygens (including phenoxy) is 5. The summed E-state index contributed by atoms with van der Waals surface area (Å²) < 4.78 is 25.4. The van der Waals surface area contributed by atoms with E-state index in [1.165, 1.54) is 7.11 Å². The SMILES string of the molecule is CCC(=CCOCCOCCOCCOC)C(=O)OC. The van der Waals surface area contributed by atoms with Gasteiger partial charge >= 0.3 is 5.97 Å². The van der Waals surface area contributed by atoms with Gasteiger partial charge in [-0.1, -0.05) is 6.92 Å². The Kier molecular flexibility index (Phi) is 13.8. The van der Waals surface area contributed by atoms with E-state index in [1.807, 2.05) is 6.92 Å². The molecule has 6 nitrogen and oxygen atoms in total. The molecule has 0 amide bonds. The fraction of sp³-hybridized carbons (Fsp3) is 0.786. The summed E-state index contributed by atoms with van der Waals surface area (Å²) in [7, 11) is 3.00. The minimum Gasteiger partial charge on any atom is -0.466 e. The van der Waals surface area contributed by atoms with Crippen molar-refractivity contribution in [1.82, 2.24) is 0 Å². The fourth-order valence-corrected chi connectivity index (χ4v) is 1.33. The topological polar surface area (TPSA) is 63.2 Å². The molecule has 0 aliphatic carbocycles. The van der Waals surface area contributed by atoms with Crippen LogP contribution < -0.4 is 0 Å². The predicted octanol–water partition coefficient (Wildman–Crippen LogP) is 1.19. The van der Waals surface area contributed by atoms with Gasteiger partial charge in [-0.05, 0) is 12.5 Å². The molecule has 0 heterocycles. The highest BCUT2D eigenvalue weighted by Gasteiger charge is 2.05. The molecular weight excluding hydrogens is 264 g/mol. The third-order valence-corrected chi connectivity index (χ3v) is 2.45. The molecule has 0 rings (SSSR count). The van der Waals surface area contributed by atoms with E-state index in [0.717, 1.165) is 0 Å². The van der Waals surface area contributed by atoms with E-state index >= 15 is 0 Å². The van der Waals surface area contributed by atoms with Gasteiger partial charge in [-0.15, -0.1) is 0 Å². The summed E-state index contributed by atoms with van der Waals surface area (Å²) in [6, 6.07) is 0. The van der Waals surface area contributed by atoms with Crippen molar-refractivity contribution in [1.29, 1.82) is 0 Å². The smallest absolute Gasteiger partial charge is 0.333 e. The largest absolute Gasteiger partial charge is 0.466 e. The van der Waals surface area contributed by atoms with Crippen molar-refractivity contribution in [3.8, 4) is 0 Å². The predicted molar refractivity (Wildman–Crippen MR) is 74.7 cm³/mol. The summed E-state index contributed by atoms with van der Waals surface area (Å²) in [6.45, 7) is 5.51. The molecule has 0 bridgehead atoms. The van der Waals surface area contributed by atoms with Crippen molar-refractivity contribution < 1.29 is 28.5 Å². The van der Waals surface area contributed by atoms with Gasteiger partial charge in [0.25, 0.3) is 0 Å². The molecule has 118 valence electrons. The number of esters is 1. The molecule has 0 saturated carbocycles. The molecule has 0 fully saturated rings. The highest BCUT2D eigenvalue weighted by Crippen LogP contribution is 2.02. The van der Waals surface area contributed by atoms with Gasteiger partial charge in [-0.25, -0.2) is 4.79 Å². The van der Waals surface area contributed by atoms with Gasteiger partial charge in [-0.3, -0.25) is 0 Å². The second-order valence-corrected chi connectivity index (χ2v) is 3.87. The van der Waals surface area contributed by atoms with E-state index in [-0.39, 0.29) is 5.97 Å². The first kappa shape index (κ1) is 19.1. The van der Waals surface area contributed by atoms with Gasteiger partial charge in [0.05, 0.1) is 53.4 Å². The zero-order valence-corrected chi connectivity index (χ0v) is 12.7. The third-order valence-electron chi connectivity index (χ3n) is 2.45. The summed E-state index contributed by atoms with van der Waals surface area (Å²) >= 11 is 0. The zero-order chi connectivity index (χ0) is 15.1. The highest BCUT2D eigenvalue weighted by atomic mass is 16.6. The molecule has 0 atom stereocenters. The normalized spacial score (nSPS) is 11.7. The minimum atomic E-state index is -0.305. The summed E-state index contributed by atoms with van der Waals surface area (Å²) in [6.07, 6.45) is 2.37. The van der Waals surface area contributed by atoms with E-state index in [0.29, 0.717) is 58.2 Å². The number of methoxy groups -OCH3 is 2. The van der Waals surface area contributed by atoms with Gasteiger partial charge in [0, 0.05) is 12.7 Å². The molecule has 6 heteroatoms. The quantitative estimate of drug-likeness (QED) is 0.288. The van der Waals surface area contributed by atoms with Crippen LogP contribution in [0.1, 0.15) is 13.3 Å². The van der Waals surface area contributed by atoms with Gasteiger partial charge < -0.3 is 23.7 Å². The van der Waals surface area contributed by atoms with E-state index in [2.05, 4.69) is 4.74 Å². The van der Waals surface area contributed by atoms with Crippen LogP contribution >= 0.6 is 0 Å². The van der Waals surface area contributed by atoms with Crippen LogP contribution in [0.5, 0.6) is 0 Å². The molecule has 0 N–H and O–H groups in total. The van der Waals surface area contributed by atoms with Gasteiger partial charge in [-0.2, -0.15) is 0 Å². The van der Waals surface area contributed by atoms with E-state index in [9.17, 15) is 4.79 Å². The van der Waals surface area contributed by atoms with Crippen molar-refractivity contribution >= 4 is 5.97 Å². The van der Waals surface area contributed by atoms with Gasteiger partial charge in [0.15, 0.2) is 0 Å². The lowest BCUT2D eigenvalue weighted by Crippen LogP contribution is -2.11. The molecule has 20 heavy (non-hydrogen) atoms. The zero-order valence-electron chi connectivity index (χ0n) is 12.7. The van der Waals surface area contributed by atoms with Gasteiger partial charge in [0.1, 0.15) is 0 Å². The number of hydrogen-bond donors (Lipinski definition) is 0. The summed E-state index contributed by atoms with van der Waals surface area (Å²) in [5.41, 5.74) is 0.625. The standard InChI is InChI=1S/C14H26O6/c1-4-13(14(15)17-3)5-6-18-9-10-20-12-11-19-8-7-16-2/h5H,4,6-12H2,1-3H3. The molecule has 0 saturated heterocycles. The van der Waals surface area contributed by atoms with Crippen LogP contribution in [-0.2, 0) is 28.5 Å². The Balaban J connectivity index is 3.39. The Bertz CT molecular complexity index is 264. The molecule has 0 aliphatic heterocycles. The third kappa shape index (κ3) is 10.9. The molecule has 0 aromatic heterocycles. The van der Waals surface area contributed by atoms with E-state index < -0.39 is 0 Å². The van der Waals surface area contributed by atoms with Crippen molar-refractivity contribution in [3.05, 3.63) is 11.6 Å². The van der Waals surface area contributed by atoms with E-state index in [1.54, 1.807) is 13.2 Å². The Morgan fingerprint density at radius 1 is 0.900 bits per heavy atom. The lowest BCUT2D eigenvalue weighted by atomic mass is 10.2. The molecule has 0 aromatic carbocycles. The first-order valence-corrected chi connectivity index (χ1v) is 6.75. The van der Waals surface area contributed by atoms with Crippen LogP contribution in [-0.4, -0.2) is 66.4 Å². The molecule has 0 unspecified atom stereocenters. The van der Waals surface area contributed by atoms with Crippen LogP contribution in [0.25, 0.3) is 0 Å². The van der Waals surface area contributed by atoms with Crippen molar-refractivity contribution in [2.45, 2.75) is 13.3 Å². The lowest BCUT2D eigenvalue weighted by molar-refractivity contribution is -0.136. The van der Waals surface area contributed by atoms with Crippen LogP contribution in [0.3, 0.4) is 0 Å². The Labute approximate surface area is 121 Å². The van der Waals surface area contributed by atoms with Crippen LogP contribution in [0.15, 0.2) is 11.6 Å². The second kappa shape index (κ2) is 14.5. The number of carbonyl (C=O) groups excluding carboxylic acids is 1. The lowest BCUT2D eigenvalue weighted by Gasteiger charge is -2.06. The van der Waals surface area contributed by atoms with Crippen LogP contribution in [0.4, 0.5) is 0 Å². The molecule has 0 radical (unpaired) electrons. The average Bonchev–Trinajstić information content (AvgIpc) is 2.48. The number of hydrogen-bond acceptors (Lipinski definition) is 6. The fourth-order valence-electron chi connectivity index (χ4n) is 1.33. The van der Waals surface area contributed by atoms with Crippen molar-refractivity contribution in [3.63, 3.8) is 0 Å². The maximum absolute atomic E-state index is 11.3. The minimum absolute atomic E-state index is 0.305. The Morgan fingerprint density at radius 2 is 1.45 bits per heavy atom. The highest BCUT2D eigenvalue weighted by molar-refractivity contribution is 5.88. The molecule has 0 aliphatic rings. The average molecular weight is 290 g/mol. The van der Waals surface area contributed by atoms with Crippen LogP contribution in [0.2, 0.25) is 0 Å². The summed E-state index contributed by atoms with van der Waals surface area (Å²) in [5, 5.41) is 0. The first-order chi connectivity index (χ1) is 9.76. The van der Waals surface area contributed by atoms with Gasteiger partial charge in [0.2, 0.25) is 0 Å². The summed E-state index contributed by atoms with van der Waals surface area (Å²) in [5.74, 6) is -0.305. The van der Waals surface area contributed by atoms with Crippen molar-refractivity contribution in [2.75, 3.05) is 60.5 Å². The maximum atomic E-state index is 11.3. The molecular formula is C14H26O6. The maximum Gasteiger partial charge on any atom is 0.333 e. The first-order valence-electron chi connectivity index (χ1n) is 6.75. The monoisotopic (exact) mass is 290 g/mol. The molecule has 0 aromatic rings. The molecule has 0 spiro atoms. The van der Waals surface area contributed by atoms with E-state index in [4.69, 9.17) is 18.9 Å². The number of rotatable bonds is 13.